The number of carbonyl (C=O) groups excluding carboxylic acids is 1. The lowest BCUT2D eigenvalue weighted by Gasteiger charge is -2.40. The zero-order valence-corrected chi connectivity index (χ0v) is 13.8. The number of hydrogen-bond donors (Lipinski definition) is 2. The lowest BCUT2D eigenvalue weighted by atomic mass is 9.86. The van der Waals surface area contributed by atoms with E-state index in [1.165, 1.54) is 0 Å². The molecule has 2 unspecified atom stereocenters. The number of aliphatic hydroxyl groups is 1. The molecule has 1 saturated carbocycles. The van der Waals surface area contributed by atoms with Gasteiger partial charge in [-0.15, -0.1) is 0 Å². The van der Waals surface area contributed by atoms with Crippen LogP contribution in [0.15, 0.2) is 0 Å². The van der Waals surface area contributed by atoms with Crippen LogP contribution in [0.25, 0.3) is 0 Å². The molecule has 0 spiro atoms. The topological polar surface area (TPSA) is 61.8 Å². The smallest absolute Gasteiger partial charge is 0.410 e. The molecule has 1 saturated heterocycles. The lowest BCUT2D eigenvalue weighted by Crippen LogP contribution is -2.53. The van der Waals surface area contributed by atoms with Gasteiger partial charge in [0, 0.05) is 25.2 Å². The summed E-state index contributed by atoms with van der Waals surface area (Å²) in [6, 6.07) is 0.805. The average molecular weight is 298 g/mol. The largest absolute Gasteiger partial charge is 0.444 e. The molecule has 2 atom stereocenters. The molecular weight excluding hydrogens is 268 g/mol. The van der Waals surface area contributed by atoms with Crippen molar-refractivity contribution in [2.75, 3.05) is 13.1 Å². The Hall–Kier alpha value is -0.810. The predicted octanol–water partition coefficient (Wildman–Crippen LogP) is 2.13. The highest BCUT2D eigenvalue weighted by Crippen LogP contribution is 2.25. The molecule has 21 heavy (non-hydrogen) atoms. The molecule has 1 heterocycles. The van der Waals surface area contributed by atoms with Crippen molar-refractivity contribution in [3.8, 4) is 0 Å². The lowest BCUT2D eigenvalue weighted by molar-refractivity contribution is 0.0126. The Kier molecular flexibility index (Phi) is 5.15. The third-order valence-corrected chi connectivity index (χ3v) is 4.43. The normalized spacial score (nSPS) is 31.5. The summed E-state index contributed by atoms with van der Waals surface area (Å²) in [5.41, 5.74) is -0.435. The minimum Gasteiger partial charge on any atom is -0.444 e. The highest BCUT2D eigenvalue weighted by atomic mass is 16.6. The summed E-state index contributed by atoms with van der Waals surface area (Å²) in [6.45, 7) is 9.45. The fraction of sp³-hybridized carbons (Fsp3) is 0.938. The molecule has 2 fully saturated rings. The molecule has 0 aromatic carbocycles. The van der Waals surface area contributed by atoms with E-state index in [-0.39, 0.29) is 12.2 Å². The van der Waals surface area contributed by atoms with Crippen LogP contribution in [0.1, 0.15) is 53.4 Å². The Morgan fingerprint density at radius 1 is 1.38 bits per heavy atom. The molecule has 0 aromatic rings. The number of carbonyl (C=O) groups is 1. The second kappa shape index (κ2) is 6.53. The van der Waals surface area contributed by atoms with Crippen LogP contribution in [0, 0.1) is 5.92 Å². The number of piperidine rings is 1. The first-order chi connectivity index (χ1) is 9.74. The number of nitrogens with one attached hydrogen (secondary N) is 1. The maximum atomic E-state index is 12.2. The summed E-state index contributed by atoms with van der Waals surface area (Å²) in [7, 11) is 0. The van der Waals surface area contributed by atoms with Gasteiger partial charge in [0.25, 0.3) is 0 Å². The first-order valence-electron chi connectivity index (χ1n) is 8.16. The number of aliphatic hydroxyl groups excluding tert-OH is 1. The molecule has 2 rings (SSSR count). The van der Waals surface area contributed by atoms with Crippen molar-refractivity contribution in [1.29, 1.82) is 0 Å². The molecule has 0 aromatic heterocycles. The Labute approximate surface area is 128 Å². The number of likely N-dealkylation sites (tertiary alicyclic amines) is 1. The Morgan fingerprint density at radius 2 is 2.05 bits per heavy atom. The van der Waals surface area contributed by atoms with Crippen LogP contribution in [-0.4, -0.2) is 53.0 Å². The van der Waals surface area contributed by atoms with E-state index in [0.29, 0.717) is 18.0 Å². The van der Waals surface area contributed by atoms with Crippen molar-refractivity contribution >= 4 is 6.09 Å². The monoisotopic (exact) mass is 298 g/mol. The summed E-state index contributed by atoms with van der Waals surface area (Å²) in [6.07, 6.45) is 3.56. The summed E-state index contributed by atoms with van der Waals surface area (Å²) in [5, 5.41) is 12.9. The number of nitrogens with zero attached hydrogens (tertiary/aromatic N) is 1. The number of rotatable bonds is 3. The standard InChI is InChI=1S/C16H30N2O3/c1-11(17-13-8-14(19)9-13)12-6-5-7-18(10-12)15(20)21-16(2,3)4/h11-14,17,19H,5-10H2,1-4H3. The van der Waals surface area contributed by atoms with E-state index in [1.54, 1.807) is 0 Å². The van der Waals surface area contributed by atoms with Gasteiger partial charge in [-0.1, -0.05) is 0 Å². The zero-order valence-electron chi connectivity index (χ0n) is 13.8. The van der Waals surface area contributed by atoms with Crippen LogP contribution in [0.5, 0.6) is 0 Å². The van der Waals surface area contributed by atoms with Crippen LogP contribution in [0.2, 0.25) is 0 Å². The molecule has 1 aliphatic heterocycles. The van der Waals surface area contributed by atoms with Crippen molar-refractivity contribution in [3.05, 3.63) is 0 Å². The van der Waals surface area contributed by atoms with E-state index in [4.69, 9.17) is 4.74 Å². The summed E-state index contributed by atoms with van der Waals surface area (Å²) in [4.78, 5) is 14.0. The molecule has 0 radical (unpaired) electrons. The SMILES string of the molecule is CC(NC1CC(O)C1)C1CCCN(C(=O)OC(C)(C)C)C1. The molecule has 2 aliphatic rings. The number of amides is 1. The summed E-state index contributed by atoms with van der Waals surface area (Å²) >= 11 is 0. The van der Waals surface area contributed by atoms with E-state index in [9.17, 15) is 9.90 Å². The Bertz CT molecular complexity index is 361. The highest BCUT2D eigenvalue weighted by molar-refractivity contribution is 5.68. The number of hydrogen-bond acceptors (Lipinski definition) is 4. The maximum absolute atomic E-state index is 12.2. The van der Waals surface area contributed by atoms with Crippen molar-refractivity contribution in [2.45, 2.75) is 77.2 Å². The average Bonchev–Trinajstić information content (AvgIpc) is 2.35. The van der Waals surface area contributed by atoms with Gasteiger partial charge < -0.3 is 20.1 Å². The van der Waals surface area contributed by atoms with E-state index in [0.717, 1.165) is 38.8 Å². The summed E-state index contributed by atoms with van der Waals surface area (Å²) in [5.74, 6) is 0.462. The quantitative estimate of drug-likeness (QED) is 0.838. The zero-order chi connectivity index (χ0) is 15.6. The van der Waals surface area contributed by atoms with E-state index < -0.39 is 5.60 Å². The fourth-order valence-corrected chi connectivity index (χ4v) is 3.14. The van der Waals surface area contributed by atoms with Gasteiger partial charge in [0.2, 0.25) is 0 Å². The van der Waals surface area contributed by atoms with Gasteiger partial charge >= 0.3 is 6.09 Å². The van der Waals surface area contributed by atoms with Crippen LogP contribution >= 0.6 is 0 Å². The molecular formula is C16H30N2O3. The van der Waals surface area contributed by atoms with Gasteiger partial charge in [-0.05, 0) is 59.3 Å². The molecule has 1 amide bonds. The van der Waals surface area contributed by atoms with E-state index in [1.807, 2.05) is 25.7 Å². The molecule has 2 N–H and O–H groups in total. The second-order valence-electron chi connectivity index (χ2n) is 7.61. The van der Waals surface area contributed by atoms with Crippen molar-refractivity contribution in [1.82, 2.24) is 10.2 Å². The van der Waals surface area contributed by atoms with Crippen LogP contribution in [0.4, 0.5) is 4.79 Å². The Balaban J connectivity index is 1.81. The minimum atomic E-state index is -0.435. The van der Waals surface area contributed by atoms with Crippen molar-refractivity contribution in [3.63, 3.8) is 0 Å². The molecule has 122 valence electrons. The summed E-state index contributed by atoms with van der Waals surface area (Å²) < 4.78 is 5.47. The van der Waals surface area contributed by atoms with Gasteiger partial charge in [0.15, 0.2) is 0 Å². The van der Waals surface area contributed by atoms with E-state index in [2.05, 4.69) is 12.2 Å². The number of ether oxygens (including phenoxy) is 1. The molecule has 0 bridgehead atoms. The van der Waals surface area contributed by atoms with E-state index >= 15 is 0 Å². The van der Waals surface area contributed by atoms with Crippen molar-refractivity contribution < 1.29 is 14.6 Å². The molecule has 5 nitrogen and oxygen atoms in total. The fourth-order valence-electron chi connectivity index (χ4n) is 3.14. The van der Waals surface area contributed by atoms with Gasteiger partial charge in [0.1, 0.15) is 5.60 Å². The van der Waals surface area contributed by atoms with Crippen molar-refractivity contribution in [2.24, 2.45) is 5.92 Å². The predicted molar refractivity (Wildman–Crippen MR) is 82.2 cm³/mol. The van der Waals surface area contributed by atoms with Gasteiger partial charge in [-0.3, -0.25) is 0 Å². The third-order valence-electron chi connectivity index (χ3n) is 4.43. The second-order valence-corrected chi connectivity index (χ2v) is 7.61. The van der Waals surface area contributed by atoms with Crippen LogP contribution in [0.3, 0.4) is 0 Å². The first kappa shape index (κ1) is 16.6. The molecule has 5 heteroatoms. The maximum Gasteiger partial charge on any atom is 0.410 e. The van der Waals surface area contributed by atoms with Gasteiger partial charge in [0.05, 0.1) is 6.10 Å². The highest BCUT2D eigenvalue weighted by Gasteiger charge is 2.33. The van der Waals surface area contributed by atoms with Gasteiger partial charge in [-0.25, -0.2) is 4.79 Å². The molecule has 1 aliphatic carbocycles. The van der Waals surface area contributed by atoms with Gasteiger partial charge in [-0.2, -0.15) is 0 Å². The van der Waals surface area contributed by atoms with Crippen LogP contribution < -0.4 is 5.32 Å². The van der Waals surface area contributed by atoms with Crippen LogP contribution in [-0.2, 0) is 4.74 Å². The third kappa shape index (κ3) is 4.85. The first-order valence-corrected chi connectivity index (χ1v) is 8.16. The minimum absolute atomic E-state index is 0.126. The Morgan fingerprint density at radius 3 is 2.62 bits per heavy atom.